The van der Waals surface area contributed by atoms with Crippen LogP contribution in [0.5, 0.6) is 5.75 Å². The molecule has 0 unspecified atom stereocenters. The molecule has 1 amide bonds. The Balaban J connectivity index is 1.68. The molecule has 0 aliphatic carbocycles. The van der Waals surface area contributed by atoms with Gasteiger partial charge >= 0.3 is 0 Å². The van der Waals surface area contributed by atoms with Gasteiger partial charge in [0, 0.05) is 13.1 Å². The Labute approximate surface area is 221 Å². The molecule has 194 valence electrons. The maximum atomic E-state index is 14.0. The number of benzene rings is 3. The number of rotatable bonds is 11. The van der Waals surface area contributed by atoms with E-state index in [4.69, 9.17) is 9.72 Å². The molecule has 0 saturated carbocycles. The number of methoxy groups -OCH3 is 1. The number of thiazole rings is 1. The average Bonchev–Trinajstić information content (AvgIpc) is 3.35. The van der Waals surface area contributed by atoms with Gasteiger partial charge in [0.2, 0.25) is 0 Å². The number of nitrogens with zero attached hydrogens (tertiary/aromatic N) is 3. The molecule has 8 nitrogen and oxygen atoms in total. The highest BCUT2D eigenvalue weighted by molar-refractivity contribution is 7.92. The Kier molecular flexibility index (Phi) is 8.42. The third kappa shape index (κ3) is 6.10. The molecule has 3 aromatic carbocycles. The first-order valence-electron chi connectivity index (χ1n) is 12.0. The van der Waals surface area contributed by atoms with Crippen LogP contribution in [0.2, 0.25) is 0 Å². The normalized spacial score (nSPS) is 11.6. The minimum absolute atomic E-state index is 0.0696. The molecule has 0 aliphatic rings. The predicted molar refractivity (Wildman–Crippen MR) is 149 cm³/mol. The van der Waals surface area contributed by atoms with E-state index in [-0.39, 0.29) is 22.1 Å². The zero-order valence-corrected chi connectivity index (χ0v) is 22.7. The van der Waals surface area contributed by atoms with E-state index in [0.717, 1.165) is 23.3 Å². The Hall–Kier alpha value is -3.47. The summed E-state index contributed by atoms with van der Waals surface area (Å²) in [6, 6.07) is 20.5. The summed E-state index contributed by atoms with van der Waals surface area (Å²) < 4.78 is 35.0. The molecule has 4 aromatic rings. The molecule has 37 heavy (non-hydrogen) atoms. The van der Waals surface area contributed by atoms with Crippen molar-refractivity contribution in [1.82, 2.24) is 9.88 Å². The molecular weight excluding hydrogens is 508 g/mol. The molecule has 0 bridgehead atoms. The number of carbonyl (C=O) groups excluding carboxylic acids is 1. The monoisotopic (exact) mass is 538 g/mol. The van der Waals surface area contributed by atoms with Gasteiger partial charge in [-0.05, 0) is 61.6 Å². The van der Waals surface area contributed by atoms with Gasteiger partial charge < -0.3 is 9.64 Å². The van der Waals surface area contributed by atoms with Gasteiger partial charge in [-0.3, -0.25) is 14.4 Å². The van der Waals surface area contributed by atoms with Crippen LogP contribution < -0.4 is 14.4 Å². The van der Waals surface area contributed by atoms with E-state index < -0.39 is 10.0 Å². The molecule has 1 N–H and O–H groups in total. The highest BCUT2D eigenvalue weighted by Crippen LogP contribution is 2.31. The number of amides is 1. The lowest BCUT2D eigenvalue weighted by atomic mass is 10.1. The minimum Gasteiger partial charge on any atom is -0.497 e. The summed E-state index contributed by atoms with van der Waals surface area (Å²) in [5, 5.41) is 0.575. The maximum Gasteiger partial charge on any atom is 0.262 e. The summed E-state index contributed by atoms with van der Waals surface area (Å²) in [4.78, 5) is 22.6. The highest BCUT2D eigenvalue weighted by Gasteiger charge is 2.25. The van der Waals surface area contributed by atoms with E-state index >= 15 is 0 Å². The smallest absolute Gasteiger partial charge is 0.262 e. The fourth-order valence-electron chi connectivity index (χ4n) is 3.90. The first kappa shape index (κ1) is 26.6. The molecule has 0 fully saturated rings. The SMILES string of the molecule is CCN(CC)CCN(C(=O)c1ccccc1NS(=O)(=O)c1ccc(OC)cc1)c1nc2ccccc2s1. The van der Waals surface area contributed by atoms with Crippen LogP contribution >= 0.6 is 11.3 Å². The van der Waals surface area contributed by atoms with Crippen molar-refractivity contribution in [2.24, 2.45) is 0 Å². The number of nitrogens with one attached hydrogen (secondary N) is 1. The van der Waals surface area contributed by atoms with Crippen LogP contribution in [0.25, 0.3) is 10.2 Å². The van der Waals surface area contributed by atoms with Crippen molar-refractivity contribution >= 4 is 48.3 Å². The topological polar surface area (TPSA) is 91.8 Å². The van der Waals surface area contributed by atoms with Crippen molar-refractivity contribution in [3.63, 3.8) is 0 Å². The fraction of sp³-hybridized carbons (Fsp3) is 0.259. The lowest BCUT2D eigenvalue weighted by Crippen LogP contribution is -2.39. The number of anilines is 2. The van der Waals surface area contributed by atoms with E-state index in [1.165, 1.54) is 30.6 Å². The quantitative estimate of drug-likeness (QED) is 0.286. The summed E-state index contributed by atoms with van der Waals surface area (Å²) in [6.07, 6.45) is 0. The van der Waals surface area contributed by atoms with Gasteiger partial charge in [-0.15, -0.1) is 0 Å². The molecule has 0 radical (unpaired) electrons. The number of sulfonamides is 1. The lowest BCUT2D eigenvalue weighted by molar-refractivity contribution is 0.0984. The predicted octanol–water partition coefficient (Wildman–Crippen LogP) is 5.09. The second kappa shape index (κ2) is 11.7. The number of likely N-dealkylation sites (N-methyl/N-ethyl adjacent to an activating group) is 1. The van der Waals surface area contributed by atoms with Gasteiger partial charge in [0.1, 0.15) is 5.75 Å². The highest BCUT2D eigenvalue weighted by atomic mass is 32.2. The maximum absolute atomic E-state index is 14.0. The standard InChI is InChI=1S/C27H30N4O4S2/c1-4-30(5-2)18-19-31(27-28-24-12-8-9-13-25(24)36-27)26(32)22-10-6-7-11-23(22)29-37(33,34)21-16-14-20(35-3)15-17-21/h6-17,29H,4-5,18-19H2,1-3H3. The van der Waals surface area contributed by atoms with Crippen LogP contribution in [0.4, 0.5) is 10.8 Å². The van der Waals surface area contributed by atoms with Gasteiger partial charge in [-0.1, -0.05) is 49.4 Å². The van der Waals surface area contributed by atoms with Crippen LogP contribution in [0, 0.1) is 0 Å². The molecule has 1 aromatic heterocycles. The van der Waals surface area contributed by atoms with Gasteiger partial charge in [0.15, 0.2) is 5.13 Å². The van der Waals surface area contributed by atoms with E-state index in [1.807, 2.05) is 24.3 Å². The zero-order chi connectivity index (χ0) is 26.4. The van der Waals surface area contributed by atoms with Crippen LogP contribution in [0.1, 0.15) is 24.2 Å². The number of hydrogen-bond donors (Lipinski definition) is 1. The first-order chi connectivity index (χ1) is 17.9. The van der Waals surface area contributed by atoms with Crippen LogP contribution in [0.3, 0.4) is 0 Å². The number of hydrogen-bond acceptors (Lipinski definition) is 7. The Bertz CT molecular complexity index is 1430. The van der Waals surface area contributed by atoms with E-state index in [1.54, 1.807) is 41.3 Å². The van der Waals surface area contributed by atoms with E-state index in [2.05, 4.69) is 23.5 Å². The summed E-state index contributed by atoms with van der Waals surface area (Å²) in [7, 11) is -2.42. The molecule has 0 atom stereocenters. The summed E-state index contributed by atoms with van der Waals surface area (Å²) in [6.45, 7) is 6.95. The molecule has 1 heterocycles. The van der Waals surface area contributed by atoms with Gasteiger partial charge in [0.25, 0.3) is 15.9 Å². The van der Waals surface area contributed by atoms with Crippen molar-refractivity contribution in [2.45, 2.75) is 18.7 Å². The third-order valence-corrected chi connectivity index (χ3v) is 8.51. The fourth-order valence-corrected chi connectivity index (χ4v) is 5.97. The minimum atomic E-state index is -3.94. The van der Waals surface area contributed by atoms with Crippen LogP contribution in [0.15, 0.2) is 77.7 Å². The van der Waals surface area contributed by atoms with Crippen molar-refractivity contribution in [1.29, 1.82) is 0 Å². The number of carbonyl (C=O) groups is 1. The molecular formula is C27H30N4O4S2. The summed E-state index contributed by atoms with van der Waals surface area (Å²) in [5.41, 5.74) is 1.27. The van der Waals surface area contributed by atoms with Crippen molar-refractivity contribution in [3.8, 4) is 5.75 Å². The molecule has 10 heteroatoms. The largest absolute Gasteiger partial charge is 0.497 e. The number of ether oxygens (including phenoxy) is 1. The Morgan fingerprint density at radius 2 is 1.62 bits per heavy atom. The number of para-hydroxylation sites is 2. The lowest BCUT2D eigenvalue weighted by Gasteiger charge is -2.25. The molecule has 0 saturated heterocycles. The first-order valence-corrected chi connectivity index (χ1v) is 14.3. The van der Waals surface area contributed by atoms with Crippen molar-refractivity contribution in [2.75, 3.05) is 42.9 Å². The Morgan fingerprint density at radius 1 is 0.946 bits per heavy atom. The van der Waals surface area contributed by atoms with Gasteiger partial charge in [0.05, 0.1) is 33.5 Å². The molecule has 4 rings (SSSR count). The second-order valence-electron chi connectivity index (χ2n) is 8.27. The van der Waals surface area contributed by atoms with Crippen molar-refractivity contribution in [3.05, 3.63) is 78.4 Å². The third-order valence-electron chi connectivity index (χ3n) is 6.06. The van der Waals surface area contributed by atoms with Crippen LogP contribution in [-0.2, 0) is 10.0 Å². The molecule has 0 aliphatic heterocycles. The van der Waals surface area contributed by atoms with E-state index in [0.29, 0.717) is 24.0 Å². The van der Waals surface area contributed by atoms with Crippen LogP contribution in [-0.4, -0.2) is 57.5 Å². The number of fused-ring (bicyclic) bond motifs is 1. The molecule has 0 spiro atoms. The second-order valence-corrected chi connectivity index (χ2v) is 11.0. The summed E-state index contributed by atoms with van der Waals surface area (Å²) in [5.74, 6) is 0.230. The van der Waals surface area contributed by atoms with Crippen molar-refractivity contribution < 1.29 is 17.9 Å². The summed E-state index contributed by atoms with van der Waals surface area (Å²) >= 11 is 1.44. The average molecular weight is 539 g/mol. The number of aromatic nitrogens is 1. The van der Waals surface area contributed by atoms with Gasteiger partial charge in [-0.2, -0.15) is 0 Å². The van der Waals surface area contributed by atoms with E-state index in [9.17, 15) is 13.2 Å². The van der Waals surface area contributed by atoms with Gasteiger partial charge in [-0.25, -0.2) is 13.4 Å². The zero-order valence-electron chi connectivity index (χ0n) is 21.0. The Morgan fingerprint density at radius 3 is 2.30 bits per heavy atom.